The van der Waals surface area contributed by atoms with E-state index in [0.717, 1.165) is 31.4 Å². The molecule has 0 saturated heterocycles. The largest absolute Gasteiger partial charge is 0.302 e. The number of amides is 1. The summed E-state index contributed by atoms with van der Waals surface area (Å²) in [6.45, 7) is 1.46. The van der Waals surface area contributed by atoms with Crippen LogP contribution in [0, 0.1) is 0 Å². The van der Waals surface area contributed by atoms with Gasteiger partial charge >= 0.3 is 0 Å². The van der Waals surface area contributed by atoms with Gasteiger partial charge in [0.2, 0.25) is 5.91 Å². The molecule has 6 nitrogen and oxygen atoms in total. The average Bonchev–Trinajstić information content (AvgIpc) is 3.09. The van der Waals surface area contributed by atoms with E-state index in [1.807, 2.05) is 5.38 Å². The van der Waals surface area contributed by atoms with E-state index in [0.29, 0.717) is 11.6 Å². The van der Waals surface area contributed by atoms with Crippen molar-refractivity contribution in [2.75, 3.05) is 11.1 Å². The van der Waals surface area contributed by atoms with Gasteiger partial charge in [0.05, 0.1) is 11.4 Å². The summed E-state index contributed by atoms with van der Waals surface area (Å²) in [5.41, 5.74) is 3.43. The summed E-state index contributed by atoms with van der Waals surface area (Å²) in [5.74, 6) is -0.307. The van der Waals surface area contributed by atoms with Gasteiger partial charge in [-0.25, -0.2) is 4.98 Å². The predicted octanol–water partition coefficient (Wildman–Crippen LogP) is 3.16. The zero-order valence-electron chi connectivity index (χ0n) is 13.3. The first-order valence-electron chi connectivity index (χ1n) is 7.54. The number of carbonyl (C=O) groups is 1. The van der Waals surface area contributed by atoms with Crippen LogP contribution in [0.15, 0.2) is 16.1 Å². The second-order valence-electron chi connectivity index (χ2n) is 5.49. The number of carbonyl (C=O) groups excluding carboxylic acids is 1. The molecule has 0 aromatic carbocycles. The molecule has 0 saturated carbocycles. The Balaban J connectivity index is 1.82. The molecule has 2 aromatic rings. The van der Waals surface area contributed by atoms with Crippen molar-refractivity contribution >= 4 is 43.8 Å². The molecule has 0 unspecified atom stereocenters. The monoisotopic (exact) mass is 388 g/mol. The van der Waals surface area contributed by atoms with Crippen LogP contribution in [0.5, 0.6) is 0 Å². The minimum absolute atomic E-state index is 0.124. The standard InChI is InChI=1S/C15H20N2O4S3/c1-11(18)16-15-17-14(10-23-15)6-5-13-9-22-8-12(13)4-2-3-7-24(19,20)21/h8-10H,2-7H2,1H3,(H,16,17,18)(H,19,20,21). The maximum atomic E-state index is 11.0. The van der Waals surface area contributed by atoms with Crippen LogP contribution in [0.2, 0.25) is 0 Å². The fraction of sp³-hybridized carbons (Fsp3) is 0.467. The quantitative estimate of drug-likeness (QED) is 0.508. The van der Waals surface area contributed by atoms with Crippen LogP contribution in [0.25, 0.3) is 0 Å². The van der Waals surface area contributed by atoms with E-state index in [2.05, 4.69) is 21.1 Å². The predicted molar refractivity (Wildman–Crippen MR) is 97.5 cm³/mol. The van der Waals surface area contributed by atoms with Crippen molar-refractivity contribution in [2.24, 2.45) is 0 Å². The molecule has 0 spiro atoms. The lowest BCUT2D eigenvalue weighted by atomic mass is 10.0. The Morgan fingerprint density at radius 2 is 1.88 bits per heavy atom. The molecule has 9 heteroatoms. The number of nitrogens with zero attached hydrogens (tertiary/aromatic N) is 1. The van der Waals surface area contributed by atoms with E-state index in [9.17, 15) is 13.2 Å². The van der Waals surface area contributed by atoms with Crippen LogP contribution in [-0.2, 0) is 34.2 Å². The van der Waals surface area contributed by atoms with Crippen molar-refractivity contribution in [3.63, 3.8) is 0 Å². The summed E-state index contributed by atoms with van der Waals surface area (Å²) in [7, 11) is -3.86. The smallest absolute Gasteiger partial charge is 0.264 e. The van der Waals surface area contributed by atoms with E-state index < -0.39 is 10.1 Å². The molecule has 2 aromatic heterocycles. The molecule has 0 aliphatic rings. The third-order valence-corrected chi connectivity index (χ3v) is 5.87. The number of thiazole rings is 1. The van der Waals surface area contributed by atoms with Gasteiger partial charge in [-0.1, -0.05) is 0 Å². The van der Waals surface area contributed by atoms with Crippen LogP contribution < -0.4 is 5.32 Å². The van der Waals surface area contributed by atoms with Gasteiger partial charge in [0.25, 0.3) is 10.1 Å². The molecule has 0 aliphatic heterocycles. The van der Waals surface area contributed by atoms with E-state index in [4.69, 9.17) is 4.55 Å². The zero-order chi connectivity index (χ0) is 17.6. The van der Waals surface area contributed by atoms with Crippen molar-refractivity contribution in [3.8, 4) is 0 Å². The number of aromatic nitrogens is 1. The number of unbranched alkanes of at least 4 members (excludes halogenated alkanes) is 1. The summed E-state index contributed by atoms with van der Waals surface area (Å²) in [6, 6.07) is 0. The summed E-state index contributed by atoms with van der Waals surface area (Å²) >= 11 is 3.05. The van der Waals surface area contributed by atoms with Gasteiger partial charge in [-0.2, -0.15) is 19.8 Å². The van der Waals surface area contributed by atoms with E-state index in [-0.39, 0.29) is 11.7 Å². The van der Waals surface area contributed by atoms with Crippen LogP contribution in [-0.4, -0.2) is 29.6 Å². The number of hydrogen-bond acceptors (Lipinski definition) is 6. The lowest BCUT2D eigenvalue weighted by Crippen LogP contribution is -2.05. The molecule has 24 heavy (non-hydrogen) atoms. The van der Waals surface area contributed by atoms with E-state index in [1.54, 1.807) is 11.3 Å². The summed E-state index contributed by atoms with van der Waals surface area (Å²) in [5, 5.41) is 9.44. The SMILES string of the molecule is CC(=O)Nc1nc(CCc2cscc2CCCCS(=O)(=O)O)cs1. The molecule has 0 aliphatic carbocycles. The second kappa shape index (κ2) is 8.70. The molecule has 2 heterocycles. The van der Waals surface area contributed by atoms with Crippen molar-refractivity contribution < 1.29 is 17.8 Å². The maximum Gasteiger partial charge on any atom is 0.264 e. The van der Waals surface area contributed by atoms with Crippen LogP contribution in [0.1, 0.15) is 36.6 Å². The second-order valence-corrected chi connectivity index (χ2v) is 8.66. The Morgan fingerprint density at radius 1 is 1.17 bits per heavy atom. The van der Waals surface area contributed by atoms with Gasteiger partial charge in [0.15, 0.2) is 5.13 Å². The minimum atomic E-state index is -3.86. The van der Waals surface area contributed by atoms with Gasteiger partial charge in [-0.3, -0.25) is 9.35 Å². The van der Waals surface area contributed by atoms with Gasteiger partial charge in [0, 0.05) is 12.3 Å². The minimum Gasteiger partial charge on any atom is -0.302 e. The topological polar surface area (TPSA) is 96.4 Å². The van der Waals surface area contributed by atoms with Crippen LogP contribution >= 0.6 is 22.7 Å². The first kappa shape index (κ1) is 19.0. The van der Waals surface area contributed by atoms with Gasteiger partial charge in [-0.15, -0.1) is 11.3 Å². The Kier molecular flexibility index (Phi) is 6.90. The van der Waals surface area contributed by atoms with E-state index >= 15 is 0 Å². The first-order valence-corrected chi connectivity index (χ1v) is 11.0. The number of rotatable bonds is 9. The van der Waals surface area contributed by atoms with Crippen LogP contribution in [0.4, 0.5) is 5.13 Å². The molecule has 132 valence electrons. The fourth-order valence-electron chi connectivity index (χ4n) is 2.28. The third-order valence-electron chi connectivity index (χ3n) is 3.42. The van der Waals surface area contributed by atoms with Gasteiger partial charge < -0.3 is 5.32 Å². The Bertz CT molecular complexity index is 780. The highest BCUT2D eigenvalue weighted by molar-refractivity contribution is 7.85. The number of anilines is 1. The molecule has 0 bridgehead atoms. The molecule has 0 atom stereocenters. The van der Waals surface area contributed by atoms with Crippen LogP contribution in [0.3, 0.4) is 0 Å². The van der Waals surface area contributed by atoms with Gasteiger partial charge in [-0.05, 0) is 54.0 Å². The number of thiophene rings is 1. The van der Waals surface area contributed by atoms with Gasteiger partial charge in [0.1, 0.15) is 0 Å². The molecule has 1 amide bonds. The van der Waals surface area contributed by atoms with Crippen molar-refractivity contribution in [2.45, 2.75) is 39.0 Å². The fourth-order valence-corrected chi connectivity index (χ4v) is 4.58. The Labute approximate surface area is 149 Å². The molecule has 0 radical (unpaired) electrons. The molecular weight excluding hydrogens is 368 g/mol. The summed E-state index contributed by atoms with van der Waals surface area (Å²) in [6.07, 6.45) is 3.65. The number of aryl methyl sites for hydroxylation is 3. The van der Waals surface area contributed by atoms with E-state index in [1.165, 1.54) is 29.4 Å². The highest BCUT2D eigenvalue weighted by atomic mass is 32.2. The highest BCUT2D eigenvalue weighted by Gasteiger charge is 2.09. The first-order chi connectivity index (χ1) is 11.3. The maximum absolute atomic E-state index is 11.0. The zero-order valence-corrected chi connectivity index (χ0v) is 15.8. The third kappa shape index (κ3) is 6.68. The summed E-state index contributed by atoms with van der Waals surface area (Å²) in [4.78, 5) is 15.4. The number of nitrogens with one attached hydrogen (secondary N) is 1. The lowest BCUT2D eigenvalue weighted by molar-refractivity contribution is -0.114. The van der Waals surface area contributed by atoms with Crippen molar-refractivity contribution in [1.29, 1.82) is 0 Å². The molecule has 2 rings (SSSR count). The normalized spacial score (nSPS) is 11.6. The molecule has 0 fully saturated rings. The Morgan fingerprint density at radius 3 is 2.54 bits per heavy atom. The molecule has 2 N–H and O–H groups in total. The molecular formula is C15H20N2O4S3. The lowest BCUT2D eigenvalue weighted by Gasteiger charge is -2.03. The summed E-state index contributed by atoms with van der Waals surface area (Å²) < 4.78 is 30.2. The van der Waals surface area contributed by atoms with Crippen molar-refractivity contribution in [1.82, 2.24) is 4.98 Å². The number of hydrogen-bond donors (Lipinski definition) is 2. The average molecular weight is 389 g/mol. The van der Waals surface area contributed by atoms with Crippen molar-refractivity contribution in [3.05, 3.63) is 33.0 Å². The Hall–Kier alpha value is -1.29. The highest BCUT2D eigenvalue weighted by Crippen LogP contribution is 2.21.